The van der Waals surface area contributed by atoms with Crippen LogP contribution in [0.1, 0.15) is 84.6 Å². The van der Waals surface area contributed by atoms with Crippen LogP contribution < -0.4 is 0 Å². The molecule has 6 rings (SSSR count). The molecular formula is C44H46N2O. The van der Waals surface area contributed by atoms with Gasteiger partial charge in [-0.1, -0.05) is 141 Å². The molecule has 0 spiro atoms. The van der Waals surface area contributed by atoms with Crippen molar-refractivity contribution in [3.05, 3.63) is 131 Å². The standard InChI is InChI=1S/C44H46N2O/c1-42(2,3)33-23-21-31(22-24-33)30-17-19-32(20-18-30)36-14-12-16-39-40(36)46-41(47-39)37-13-10-11-15-38(37)45-28-29-25-34(43(4,5)6)27-35(26-29)44(7,8)9/h10-28H,1-9H3. The maximum Gasteiger partial charge on any atom is 0.229 e. The largest absolute Gasteiger partial charge is 0.436 e. The molecule has 1 aromatic heterocycles. The molecule has 0 unspecified atom stereocenters. The highest BCUT2D eigenvalue weighted by Gasteiger charge is 2.21. The first kappa shape index (κ1) is 32.2. The summed E-state index contributed by atoms with van der Waals surface area (Å²) in [5.74, 6) is 0.564. The van der Waals surface area contributed by atoms with E-state index >= 15 is 0 Å². The fraction of sp³-hybridized carbons (Fsp3) is 0.273. The average molecular weight is 619 g/mol. The van der Waals surface area contributed by atoms with E-state index in [0.29, 0.717) is 5.89 Å². The molecule has 0 aliphatic rings. The molecule has 0 fully saturated rings. The minimum Gasteiger partial charge on any atom is -0.436 e. The molecule has 0 aliphatic heterocycles. The Balaban J connectivity index is 1.32. The zero-order chi connectivity index (χ0) is 33.6. The Morgan fingerprint density at radius 1 is 0.532 bits per heavy atom. The van der Waals surface area contributed by atoms with Gasteiger partial charge in [-0.05, 0) is 85.5 Å². The quantitative estimate of drug-likeness (QED) is 0.180. The van der Waals surface area contributed by atoms with Gasteiger partial charge in [-0.25, -0.2) is 4.98 Å². The van der Waals surface area contributed by atoms with Crippen LogP contribution in [0.15, 0.2) is 119 Å². The first-order chi connectivity index (χ1) is 22.2. The van der Waals surface area contributed by atoms with Crippen LogP contribution in [0.5, 0.6) is 0 Å². The maximum absolute atomic E-state index is 6.38. The van der Waals surface area contributed by atoms with Gasteiger partial charge in [0.05, 0.1) is 11.3 Å². The Labute approximate surface area is 280 Å². The molecule has 0 aliphatic carbocycles. The minimum atomic E-state index is 0.0374. The fourth-order valence-electron chi connectivity index (χ4n) is 5.80. The van der Waals surface area contributed by atoms with Gasteiger partial charge in [0.15, 0.2) is 5.58 Å². The first-order valence-electron chi connectivity index (χ1n) is 16.6. The molecule has 0 bridgehead atoms. The molecule has 0 atom stereocenters. The van der Waals surface area contributed by atoms with Crippen LogP contribution in [0, 0.1) is 0 Å². The molecule has 238 valence electrons. The van der Waals surface area contributed by atoms with E-state index in [1.54, 1.807) is 0 Å². The average Bonchev–Trinajstić information content (AvgIpc) is 3.47. The minimum absolute atomic E-state index is 0.0374. The molecule has 0 N–H and O–H groups in total. The number of fused-ring (bicyclic) bond motifs is 1. The predicted molar refractivity (Wildman–Crippen MR) is 200 cm³/mol. The number of nitrogens with zero attached hydrogens (tertiary/aromatic N) is 2. The van der Waals surface area contributed by atoms with Gasteiger partial charge in [-0.3, -0.25) is 4.99 Å². The number of hydrogen-bond acceptors (Lipinski definition) is 3. The molecule has 3 nitrogen and oxygen atoms in total. The second-order valence-corrected chi connectivity index (χ2v) is 15.7. The van der Waals surface area contributed by atoms with Crippen molar-refractivity contribution in [3.63, 3.8) is 0 Å². The third kappa shape index (κ3) is 7.00. The van der Waals surface area contributed by atoms with Gasteiger partial charge >= 0.3 is 0 Å². The molecule has 0 saturated carbocycles. The van der Waals surface area contributed by atoms with Gasteiger partial charge in [0, 0.05) is 11.8 Å². The molecule has 0 radical (unpaired) electrons. The molecule has 1 heterocycles. The summed E-state index contributed by atoms with van der Waals surface area (Å²) in [4.78, 5) is 10.0. The lowest BCUT2D eigenvalue weighted by Gasteiger charge is -2.25. The maximum atomic E-state index is 6.38. The molecule has 0 saturated heterocycles. The van der Waals surface area contributed by atoms with E-state index in [4.69, 9.17) is 14.4 Å². The van der Waals surface area contributed by atoms with Crippen LogP contribution >= 0.6 is 0 Å². The van der Waals surface area contributed by atoms with Gasteiger partial charge in [0.25, 0.3) is 0 Å². The Morgan fingerprint density at radius 2 is 1.06 bits per heavy atom. The van der Waals surface area contributed by atoms with Crippen molar-refractivity contribution in [2.75, 3.05) is 0 Å². The van der Waals surface area contributed by atoms with Crippen molar-refractivity contribution >= 4 is 23.0 Å². The van der Waals surface area contributed by atoms with Crippen LogP contribution in [0.4, 0.5) is 5.69 Å². The second-order valence-electron chi connectivity index (χ2n) is 15.7. The van der Waals surface area contributed by atoms with E-state index in [-0.39, 0.29) is 16.2 Å². The molecule has 0 amide bonds. The van der Waals surface area contributed by atoms with E-state index in [9.17, 15) is 0 Å². The molecule has 3 heteroatoms. The normalized spacial score (nSPS) is 12.7. The van der Waals surface area contributed by atoms with Crippen LogP contribution in [0.25, 0.3) is 44.8 Å². The number of hydrogen-bond donors (Lipinski definition) is 0. The highest BCUT2D eigenvalue weighted by molar-refractivity contribution is 5.93. The summed E-state index contributed by atoms with van der Waals surface area (Å²) in [7, 11) is 0. The summed E-state index contributed by atoms with van der Waals surface area (Å²) in [6.07, 6.45) is 1.97. The summed E-state index contributed by atoms with van der Waals surface area (Å²) < 4.78 is 6.38. The van der Waals surface area contributed by atoms with E-state index in [0.717, 1.165) is 39.0 Å². The summed E-state index contributed by atoms with van der Waals surface area (Å²) in [5, 5.41) is 0. The number of aromatic nitrogens is 1. The van der Waals surface area contributed by atoms with Gasteiger partial charge in [0.1, 0.15) is 5.52 Å². The highest BCUT2D eigenvalue weighted by Crippen LogP contribution is 2.37. The van der Waals surface area contributed by atoms with Crippen molar-refractivity contribution in [1.29, 1.82) is 0 Å². The first-order valence-corrected chi connectivity index (χ1v) is 16.6. The Kier molecular flexibility index (Phi) is 8.30. The summed E-state index contributed by atoms with van der Waals surface area (Å²) in [6.45, 7) is 20.3. The third-order valence-corrected chi connectivity index (χ3v) is 8.87. The molecule has 6 aromatic rings. The number of oxazole rings is 1. The van der Waals surface area contributed by atoms with Crippen LogP contribution in [0.3, 0.4) is 0 Å². The SMILES string of the molecule is CC(C)(C)c1ccc(-c2ccc(-c3cccc4oc(-c5ccccc5N=Cc5cc(C(C)(C)C)cc(C(C)(C)C)c5)nc34)cc2)cc1. The van der Waals surface area contributed by atoms with Crippen molar-refractivity contribution in [2.45, 2.75) is 78.6 Å². The van der Waals surface area contributed by atoms with E-state index in [2.05, 4.69) is 135 Å². The molecule has 5 aromatic carbocycles. The van der Waals surface area contributed by atoms with Gasteiger partial charge in [0.2, 0.25) is 5.89 Å². The molecule has 47 heavy (non-hydrogen) atoms. The van der Waals surface area contributed by atoms with E-state index < -0.39 is 0 Å². The Hall–Kier alpha value is -4.76. The zero-order valence-corrected chi connectivity index (χ0v) is 29.3. The lowest BCUT2D eigenvalue weighted by Crippen LogP contribution is -2.17. The second kappa shape index (κ2) is 12.1. The Bertz CT molecular complexity index is 2020. The summed E-state index contributed by atoms with van der Waals surface area (Å²) in [5.41, 5.74) is 13.1. The molecular weight excluding hydrogens is 572 g/mol. The summed E-state index contributed by atoms with van der Waals surface area (Å²) in [6, 6.07) is 38.6. The smallest absolute Gasteiger partial charge is 0.229 e. The Morgan fingerprint density at radius 3 is 1.66 bits per heavy atom. The third-order valence-electron chi connectivity index (χ3n) is 8.87. The van der Waals surface area contributed by atoms with Gasteiger partial charge in [-0.15, -0.1) is 0 Å². The van der Waals surface area contributed by atoms with Crippen molar-refractivity contribution in [1.82, 2.24) is 4.98 Å². The van der Waals surface area contributed by atoms with Crippen LogP contribution in [-0.4, -0.2) is 11.2 Å². The van der Waals surface area contributed by atoms with Crippen molar-refractivity contribution in [3.8, 4) is 33.7 Å². The van der Waals surface area contributed by atoms with E-state index in [1.807, 2.05) is 42.6 Å². The summed E-state index contributed by atoms with van der Waals surface area (Å²) >= 11 is 0. The fourth-order valence-corrected chi connectivity index (χ4v) is 5.80. The van der Waals surface area contributed by atoms with E-state index in [1.165, 1.54) is 27.8 Å². The van der Waals surface area contributed by atoms with Gasteiger partial charge < -0.3 is 4.42 Å². The lowest BCUT2D eigenvalue weighted by molar-refractivity contribution is 0.568. The van der Waals surface area contributed by atoms with Gasteiger partial charge in [-0.2, -0.15) is 0 Å². The lowest BCUT2D eigenvalue weighted by atomic mass is 9.79. The van der Waals surface area contributed by atoms with Crippen molar-refractivity contribution < 1.29 is 4.42 Å². The highest BCUT2D eigenvalue weighted by atomic mass is 16.3. The predicted octanol–water partition coefficient (Wildman–Crippen LogP) is 12.5. The monoisotopic (exact) mass is 618 g/mol. The van der Waals surface area contributed by atoms with Crippen molar-refractivity contribution in [2.24, 2.45) is 4.99 Å². The number of benzene rings is 5. The van der Waals surface area contributed by atoms with Crippen LogP contribution in [-0.2, 0) is 16.2 Å². The zero-order valence-electron chi connectivity index (χ0n) is 29.3. The topological polar surface area (TPSA) is 38.4 Å². The number of rotatable bonds is 5. The van der Waals surface area contributed by atoms with Crippen LogP contribution in [0.2, 0.25) is 0 Å². The number of para-hydroxylation sites is 2. The number of aliphatic imine (C=N–C) groups is 1.